The van der Waals surface area contributed by atoms with Crippen LogP contribution in [0.25, 0.3) is 0 Å². The fourth-order valence-corrected chi connectivity index (χ4v) is 3.18. The number of benzene rings is 2. The topological polar surface area (TPSA) is 108 Å². The summed E-state index contributed by atoms with van der Waals surface area (Å²) in [5.74, 6) is -0.587. The molecule has 2 rings (SSSR count). The van der Waals surface area contributed by atoms with Crippen LogP contribution in [0.2, 0.25) is 0 Å². The van der Waals surface area contributed by atoms with Crippen molar-refractivity contribution in [3.8, 4) is 0 Å². The molecule has 0 aliphatic carbocycles. The molecule has 0 saturated carbocycles. The second kappa shape index (κ2) is 14.0. The molecular weight excluding hydrogens is 406 g/mol. The van der Waals surface area contributed by atoms with Crippen molar-refractivity contribution in [2.75, 3.05) is 13.1 Å². The van der Waals surface area contributed by atoms with Gasteiger partial charge in [0.1, 0.15) is 6.10 Å². The fraction of sp³-hybridized carbons (Fsp3) is 0.400. The number of aliphatic hydroxyl groups excluding tert-OH is 1. The Balaban J connectivity index is 1.54. The summed E-state index contributed by atoms with van der Waals surface area (Å²) in [6.45, 7) is 2.64. The molecule has 0 fully saturated rings. The first-order valence-corrected chi connectivity index (χ1v) is 11.0. The van der Waals surface area contributed by atoms with E-state index in [1.165, 1.54) is 0 Å². The van der Waals surface area contributed by atoms with Crippen molar-refractivity contribution in [1.29, 1.82) is 0 Å². The quantitative estimate of drug-likeness (QED) is 0.385. The first-order valence-electron chi connectivity index (χ1n) is 11.0. The largest absolute Gasteiger partial charge is 0.385 e. The van der Waals surface area contributed by atoms with Crippen LogP contribution in [0, 0.1) is 5.92 Å². The van der Waals surface area contributed by atoms with Crippen molar-refractivity contribution in [1.82, 2.24) is 16.0 Å². The van der Waals surface area contributed by atoms with Gasteiger partial charge >= 0.3 is 6.03 Å². The summed E-state index contributed by atoms with van der Waals surface area (Å²) in [5.41, 5.74) is 2.08. The molecule has 2 atom stereocenters. The number of carbonyl (C=O) groups is 3. The Bertz CT molecular complexity index is 843. The van der Waals surface area contributed by atoms with Gasteiger partial charge in [-0.2, -0.15) is 0 Å². The Morgan fingerprint density at radius 3 is 2.12 bits per heavy atom. The summed E-state index contributed by atoms with van der Waals surface area (Å²) in [5, 5.41) is 18.2. The van der Waals surface area contributed by atoms with Gasteiger partial charge in [0.25, 0.3) is 0 Å². The van der Waals surface area contributed by atoms with Gasteiger partial charge in [0, 0.05) is 19.5 Å². The van der Waals surface area contributed by atoms with Gasteiger partial charge in [0.05, 0.1) is 6.54 Å². The van der Waals surface area contributed by atoms with Crippen molar-refractivity contribution in [3.63, 3.8) is 0 Å². The standard InChI is InChI=1S/C25H33N3O4/c1-19(14-15-26-25(32)28-17-21-10-6-3-7-11-21)16-24(31)27-18-23(30)22(29)13-12-20-8-4-2-5-9-20/h2-11,19,22,29H,12-18H2,1H3,(H,27,31)(H2,26,28,32). The Hall–Kier alpha value is -3.19. The van der Waals surface area contributed by atoms with Gasteiger partial charge in [-0.1, -0.05) is 67.6 Å². The van der Waals surface area contributed by atoms with Crippen molar-refractivity contribution < 1.29 is 19.5 Å². The minimum absolute atomic E-state index is 0.0440. The average molecular weight is 440 g/mol. The molecule has 0 aliphatic rings. The van der Waals surface area contributed by atoms with Crippen molar-refractivity contribution >= 4 is 17.7 Å². The second-order valence-corrected chi connectivity index (χ2v) is 7.98. The summed E-state index contributed by atoms with van der Waals surface area (Å²) >= 11 is 0. The maximum absolute atomic E-state index is 12.1. The van der Waals surface area contributed by atoms with Gasteiger partial charge in [0.2, 0.25) is 5.91 Å². The maximum Gasteiger partial charge on any atom is 0.315 e. The molecule has 4 N–H and O–H groups in total. The number of rotatable bonds is 13. The summed E-state index contributed by atoms with van der Waals surface area (Å²) in [6, 6.07) is 19.0. The Kier molecular flexibility index (Phi) is 11.0. The highest BCUT2D eigenvalue weighted by molar-refractivity contribution is 5.88. The molecule has 0 bridgehead atoms. The predicted octanol–water partition coefficient (Wildman–Crippen LogP) is 2.58. The Labute approximate surface area is 189 Å². The number of hydrogen-bond donors (Lipinski definition) is 4. The lowest BCUT2D eigenvalue weighted by molar-refractivity contribution is -0.130. The van der Waals surface area contributed by atoms with Gasteiger partial charge in [-0.25, -0.2) is 4.79 Å². The van der Waals surface area contributed by atoms with Gasteiger partial charge in [-0.05, 0) is 36.3 Å². The van der Waals surface area contributed by atoms with E-state index in [4.69, 9.17) is 0 Å². The van der Waals surface area contributed by atoms with Gasteiger partial charge in [-0.15, -0.1) is 0 Å². The third-order valence-electron chi connectivity index (χ3n) is 5.13. The molecule has 0 heterocycles. The number of aryl methyl sites for hydroxylation is 1. The van der Waals surface area contributed by atoms with Gasteiger partial charge in [0.15, 0.2) is 5.78 Å². The SMILES string of the molecule is CC(CCNC(=O)NCc1ccccc1)CC(=O)NCC(=O)C(O)CCc1ccccc1. The molecule has 0 saturated heterocycles. The second-order valence-electron chi connectivity index (χ2n) is 7.98. The third kappa shape index (κ3) is 10.2. The molecule has 0 aliphatic heterocycles. The average Bonchev–Trinajstić information content (AvgIpc) is 2.81. The maximum atomic E-state index is 12.1. The molecule has 0 aromatic heterocycles. The predicted molar refractivity (Wildman–Crippen MR) is 124 cm³/mol. The molecule has 0 radical (unpaired) electrons. The highest BCUT2D eigenvalue weighted by Gasteiger charge is 2.17. The Morgan fingerprint density at radius 1 is 0.844 bits per heavy atom. The molecule has 172 valence electrons. The van der Waals surface area contributed by atoms with Crippen LogP contribution >= 0.6 is 0 Å². The molecule has 0 spiro atoms. The van der Waals surface area contributed by atoms with E-state index >= 15 is 0 Å². The first kappa shape index (κ1) is 25.1. The zero-order valence-corrected chi connectivity index (χ0v) is 18.5. The number of nitrogens with one attached hydrogen (secondary N) is 3. The lowest BCUT2D eigenvalue weighted by Crippen LogP contribution is -2.37. The molecule has 2 aromatic carbocycles. The van der Waals surface area contributed by atoms with E-state index < -0.39 is 11.9 Å². The monoisotopic (exact) mass is 439 g/mol. The normalized spacial score (nSPS) is 12.4. The lowest BCUT2D eigenvalue weighted by Gasteiger charge is -2.14. The van der Waals surface area contributed by atoms with Crippen molar-refractivity contribution in [3.05, 3.63) is 71.8 Å². The minimum Gasteiger partial charge on any atom is -0.385 e. The van der Waals surface area contributed by atoms with E-state index in [2.05, 4.69) is 16.0 Å². The summed E-state index contributed by atoms with van der Waals surface area (Å²) in [4.78, 5) is 36.0. The zero-order chi connectivity index (χ0) is 23.2. The third-order valence-corrected chi connectivity index (χ3v) is 5.13. The molecule has 2 unspecified atom stereocenters. The van der Waals surface area contributed by atoms with E-state index in [0.717, 1.165) is 11.1 Å². The van der Waals surface area contributed by atoms with Crippen LogP contribution in [-0.4, -0.2) is 42.0 Å². The van der Waals surface area contributed by atoms with Crippen molar-refractivity contribution in [2.45, 2.75) is 45.3 Å². The number of carbonyl (C=O) groups excluding carboxylic acids is 3. The first-order chi connectivity index (χ1) is 15.4. The number of urea groups is 1. The van der Waals surface area contributed by atoms with E-state index in [1.807, 2.05) is 67.6 Å². The summed E-state index contributed by atoms with van der Waals surface area (Å²) in [7, 11) is 0. The molecular formula is C25H33N3O4. The molecule has 3 amide bonds. The van der Waals surface area contributed by atoms with E-state index in [9.17, 15) is 19.5 Å². The molecule has 7 nitrogen and oxygen atoms in total. The molecule has 2 aromatic rings. The smallest absolute Gasteiger partial charge is 0.315 e. The fourth-order valence-electron chi connectivity index (χ4n) is 3.18. The molecule has 7 heteroatoms. The number of ketones is 1. The Morgan fingerprint density at radius 2 is 1.47 bits per heavy atom. The number of hydrogen-bond acceptors (Lipinski definition) is 4. The highest BCUT2D eigenvalue weighted by Crippen LogP contribution is 2.07. The highest BCUT2D eigenvalue weighted by atomic mass is 16.3. The van der Waals surface area contributed by atoms with Crippen LogP contribution in [0.15, 0.2) is 60.7 Å². The van der Waals surface area contributed by atoms with E-state index in [0.29, 0.717) is 32.4 Å². The summed E-state index contributed by atoms with van der Waals surface area (Å²) < 4.78 is 0. The van der Waals surface area contributed by atoms with Crippen LogP contribution in [-0.2, 0) is 22.6 Å². The molecule has 32 heavy (non-hydrogen) atoms. The van der Waals surface area contributed by atoms with E-state index in [1.54, 1.807) is 0 Å². The van der Waals surface area contributed by atoms with Gasteiger partial charge in [-0.3, -0.25) is 9.59 Å². The minimum atomic E-state index is -1.09. The number of amides is 3. The van der Waals surface area contributed by atoms with Crippen LogP contribution in [0.1, 0.15) is 37.3 Å². The van der Waals surface area contributed by atoms with Crippen molar-refractivity contribution in [2.24, 2.45) is 5.92 Å². The number of Topliss-reactive ketones (excluding diaryl/α,β-unsaturated/α-hetero) is 1. The lowest BCUT2D eigenvalue weighted by atomic mass is 10.0. The zero-order valence-electron chi connectivity index (χ0n) is 18.5. The van der Waals surface area contributed by atoms with Crippen LogP contribution in [0.3, 0.4) is 0 Å². The van der Waals surface area contributed by atoms with Gasteiger partial charge < -0.3 is 21.1 Å². The van der Waals surface area contributed by atoms with Crippen LogP contribution in [0.4, 0.5) is 4.79 Å². The van der Waals surface area contributed by atoms with Crippen LogP contribution in [0.5, 0.6) is 0 Å². The van der Waals surface area contributed by atoms with Crippen LogP contribution < -0.4 is 16.0 Å². The summed E-state index contributed by atoms with van der Waals surface area (Å²) in [6.07, 6.45) is 0.727. The number of aliphatic hydroxyl groups is 1. The van der Waals surface area contributed by atoms with E-state index in [-0.39, 0.29) is 30.8 Å².